The molecule has 1 amide bonds. The minimum absolute atomic E-state index is 0.169. The van der Waals surface area contributed by atoms with E-state index < -0.39 is 10.0 Å². The van der Waals surface area contributed by atoms with E-state index in [-0.39, 0.29) is 10.8 Å². The maximum atomic E-state index is 12.6. The second kappa shape index (κ2) is 7.48. The number of aryl methyl sites for hydroxylation is 2. The molecular formula is C22H20N2O3S. The molecule has 0 unspecified atom stereocenters. The van der Waals surface area contributed by atoms with Gasteiger partial charge in [0.25, 0.3) is 15.9 Å². The van der Waals surface area contributed by atoms with Crippen molar-refractivity contribution in [2.45, 2.75) is 24.2 Å². The number of carbonyl (C=O) groups is 1. The number of anilines is 2. The van der Waals surface area contributed by atoms with E-state index in [0.29, 0.717) is 11.3 Å². The van der Waals surface area contributed by atoms with Crippen molar-refractivity contribution in [1.82, 2.24) is 0 Å². The third kappa shape index (κ3) is 3.92. The fraction of sp³-hybridized carbons (Fsp3) is 0.136. The molecule has 0 radical (unpaired) electrons. The molecule has 0 aliphatic heterocycles. The van der Waals surface area contributed by atoms with Crippen LogP contribution in [0.4, 0.5) is 11.4 Å². The molecular weight excluding hydrogens is 372 g/mol. The highest BCUT2D eigenvalue weighted by atomic mass is 32.2. The molecule has 1 aliphatic rings. The van der Waals surface area contributed by atoms with Crippen LogP contribution in [0, 0.1) is 0 Å². The van der Waals surface area contributed by atoms with Gasteiger partial charge in [-0.2, -0.15) is 0 Å². The van der Waals surface area contributed by atoms with Crippen molar-refractivity contribution < 1.29 is 13.2 Å². The molecule has 5 nitrogen and oxygen atoms in total. The average molecular weight is 392 g/mol. The molecule has 3 aromatic carbocycles. The van der Waals surface area contributed by atoms with Crippen LogP contribution in [-0.4, -0.2) is 14.3 Å². The predicted octanol–water partition coefficient (Wildman–Crippen LogP) is 4.23. The zero-order valence-corrected chi connectivity index (χ0v) is 16.0. The number of benzene rings is 3. The smallest absolute Gasteiger partial charge is 0.261 e. The van der Waals surface area contributed by atoms with E-state index in [9.17, 15) is 13.2 Å². The Labute approximate surface area is 164 Å². The minimum Gasteiger partial charge on any atom is -0.322 e. The van der Waals surface area contributed by atoms with Crippen molar-refractivity contribution in [2.75, 3.05) is 10.0 Å². The van der Waals surface area contributed by atoms with E-state index in [1.165, 1.54) is 29.3 Å². The lowest BCUT2D eigenvalue weighted by Gasteiger charge is -2.11. The first kappa shape index (κ1) is 18.3. The van der Waals surface area contributed by atoms with Gasteiger partial charge in [-0.1, -0.05) is 30.3 Å². The summed E-state index contributed by atoms with van der Waals surface area (Å²) in [7, 11) is -3.70. The molecule has 142 valence electrons. The summed E-state index contributed by atoms with van der Waals surface area (Å²) >= 11 is 0. The number of hydrogen-bond donors (Lipinski definition) is 2. The summed E-state index contributed by atoms with van der Waals surface area (Å²) in [6.45, 7) is 0. The SMILES string of the molecule is O=C(Nc1ccc2c(c1)CCC2)c1cccc(NS(=O)(=O)c2ccccc2)c1. The van der Waals surface area contributed by atoms with Crippen molar-refractivity contribution in [1.29, 1.82) is 0 Å². The van der Waals surface area contributed by atoms with Crippen LogP contribution < -0.4 is 10.0 Å². The summed E-state index contributed by atoms with van der Waals surface area (Å²) in [4.78, 5) is 12.8. The van der Waals surface area contributed by atoms with Crippen molar-refractivity contribution in [3.05, 3.63) is 89.5 Å². The van der Waals surface area contributed by atoms with Gasteiger partial charge in [0.2, 0.25) is 0 Å². The maximum absolute atomic E-state index is 12.6. The molecule has 6 heteroatoms. The summed E-state index contributed by atoms with van der Waals surface area (Å²) < 4.78 is 27.5. The molecule has 2 N–H and O–H groups in total. The van der Waals surface area contributed by atoms with Crippen LogP contribution in [0.3, 0.4) is 0 Å². The Bertz CT molecular complexity index is 1130. The Morgan fingerprint density at radius 3 is 2.39 bits per heavy atom. The topological polar surface area (TPSA) is 75.3 Å². The van der Waals surface area contributed by atoms with Crippen LogP contribution in [0.2, 0.25) is 0 Å². The van der Waals surface area contributed by atoms with Crippen LogP contribution in [0.25, 0.3) is 0 Å². The predicted molar refractivity (Wildman–Crippen MR) is 110 cm³/mol. The standard InChI is InChI=1S/C22H20N2O3S/c25-22(23-19-13-12-16-6-4-7-17(16)14-19)18-8-5-9-20(15-18)24-28(26,27)21-10-2-1-3-11-21/h1-3,5,8-15,24H,4,6-7H2,(H,23,25). The summed E-state index contributed by atoms with van der Waals surface area (Å²) in [6, 6.07) is 20.6. The van der Waals surface area contributed by atoms with Gasteiger partial charge >= 0.3 is 0 Å². The van der Waals surface area contributed by atoms with E-state index in [2.05, 4.69) is 16.1 Å². The van der Waals surface area contributed by atoms with Crippen LogP contribution in [0.15, 0.2) is 77.7 Å². The lowest BCUT2D eigenvalue weighted by atomic mass is 10.1. The Balaban J connectivity index is 1.51. The van der Waals surface area contributed by atoms with E-state index in [4.69, 9.17) is 0 Å². The average Bonchev–Trinajstić information content (AvgIpc) is 3.16. The highest BCUT2D eigenvalue weighted by Gasteiger charge is 2.15. The van der Waals surface area contributed by atoms with Gasteiger partial charge in [-0.25, -0.2) is 8.42 Å². The fourth-order valence-corrected chi connectivity index (χ4v) is 4.46. The first-order chi connectivity index (χ1) is 13.5. The lowest BCUT2D eigenvalue weighted by molar-refractivity contribution is 0.102. The largest absolute Gasteiger partial charge is 0.322 e. The van der Waals surface area contributed by atoms with Gasteiger partial charge in [0.15, 0.2) is 0 Å². The number of hydrogen-bond acceptors (Lipinski definition) is 3. The van der Waals surface area contributed by atoms with Gasteiger partial charge in [0, 0.05) is 16.9 Å². The van der Waals surface area contributed by atoms with Gasteiger partial charge in [0.05, 0.1) is 4.90 Å². The Hall–Kier alpha value is -3.12. The van der Waals surface area contributed by atoms with Crippen LogP contribution in [0.5, 0.6) is 0 Å². The molecule has 0 aromatic heterocycles. The normalized spacial score (nSPS) is 13.0. The Morgan fingerprint density at radius 2 is 1.57 bits per heavy atom. The Morgan fingerprint density at radius 1 is 0.786 bits per heavy atom. The van der Waals surface area contributed by atoms with Crippen LogP contribution in [-0.2, 0) is 22.9 Å². The number of amides is 1. The summed E-state index contributed by atoms with van der Waals surface area (Å²) in [5.74, 6) is -0.279. The molecule has 28 heavy (non-hydrogen) atoms. The van der Waals surface area contributed by atoms with Gasteiger partial charge in [-0.3, -0.25) is 9.52 Å². The molecule has 0 fully saturated rings. The maximum Gasteiger partial charge on any atom is 0.261 e. The zero-order chi connectivity index (χ0) is 19.6. The van der Waals surface area contributed by atoms with Crippen molar-refractivity contribution in [3.8, 4) is 0 Å². The second-order valence-corrected chi connectivity index (χ2v) is 8.47. The monoisotopic (exact) mass is 392 g/mol. The summed E-state index contributed by atoms with van der Waals surface area (Å²) in [6.07, 6.45) is 3.28. The van der Waals surface area contributed by atoms with E-state index in [1.807, 2.05) is 12.1 Å². The molecule has 1 aliphatic carbocycles. The van der Waals surface area contributed by atoms with Gasteiger partial charge in [-0.15, -0.1) is 0 Å². The van der Waals surface area contributed by atoms with Crippen LogP contribution >= 0.6 is 0 Å². The van der Waals surface area contributed by atoms with E-state index in [1.54, 1.807) is 36.4 Å². The fourth-order valence-electron chi connectivity index (χ4n) is 3.39. The summed E-state index contributed by atoms with van der Waals surface area (Å²) in [5.41, 5.74) is 4.10. The van der Waals surface area contributed by atoms with E-state index in [0.717, 1.165) is 24.9 Å². The molecule has 4 rings (SSSR count). The number of rotatable bonds is 5. The van der Waals surface area contributed by atoms with Crippen molar-refractivity contribution in [2.24, 2.45) is 0 Å². The van der Waals surface area contributed by atoms with Gasteiger partial charge in [-0.05, 0) is 72.9 Å². The second-order valence-electron chi connectivity index (χ2n) is 6.79. The molecule has 0 saturated heterocycles. The third-order valence-electron chi connectivity index (χ3n) is 4.79. The van der Waals surface area contributed by atoms with Crippen molar-refractivity contribution in [3.63, 3.8) is 0 Å². The number of carbonyl (C=O) groups excluding carboxylic acids is 1. The molecule has 0 bridgehead atoms. The minimum atomic E-state index is -3.70. The van der Waals surface area contributed by atoms with E-state index >= 15 is 0 Å². The third-order valence-corrected chi connectivity index (χ3v) is 6.18. The number of nitrogens with one attached hydrogen (secondary N) is 2. The first-order valence-electron chi connectivity index (χ1n) is 9.12. The molecule has 3 aromatic rings. The molecule has 0 atom stereocenters. The Kier molecular flexibility index (Phi) is 4.88. The highest BCUT2D eigenvalue weighted by molar-refractivity contribution is 7.92. The lowest BCUT2D eigenvalue weighted by Crippen LogP contribution is -2.15. The highest BCUT2D eigenvalue weighted by Crippen LogP contribution is 2.25. The van der Waals surface area contributed by atoms with Crippen LogP contribution in [0.1, 0.15) is 27.9 Å². The number of sulfonamides is 1. The first-order valence-corrected chi connectivity index (χ1v) is 10.6. The molecule has 0 heterocycles. The summed E-state index contributed by atoms with van der Waals surface area (Å²) in [5, 5.41) is 2.89. The number of fused-ring (bicyclic) bond motifs is 1. The zero-order valence-electron chi connectivity index (χ0n) is 15.2. The van der Waals surface area contributed by atoms with Gasteiger partial charge in [0.1, 0.15) is 0 Å². The quantitative estimate of drug-likeness (QED) is 0.682. The van der Waals surface area contributed by atoms with Crippen molar-refractivity contribution >= 4 is 27.3 Å². The molecule has 0 spiro atoms. The van der Waals surface area contributed by atoms with Gasteiger partial charge < -0.3 is 5.32 Å². The molecule has 0 saturated carbocycles.